The van der Waals surface area contributed by atoms with Gasteiger partial charge in [-0.25, -0.2) is 4.68 Å². The number of aryl methyl sites for hydroxylation is 2. The van der Waals surface area contributed by atoms with Gasteiger partial charge in [0.25, 0.3) is 0 Å². The van der Waals surface area contributed by atoms with Crippen LogP contribution in [0.1, 0.15) is 22.4 Å². The Bertz CT molecular complexity index is 593. The van der Waals surface area contributed by atoms with E-state index in [-0.39, 0.29) is 0 Å². The summed E-state index contributed by atoms with van der Waals surface area (Å²) in [5.41, 5.74) is 4.89. The van der Waals surface area contributed by atoms with E-state index in [1.807, 2.05) is 19.1 Å². The Morgan fingerprint density at radius 1 is 1.32 bits per heavy atom. The molecule has 0 atom stereocenters. The van der Waals surface area contributed by atoms with Crippen molar-refractivity contribution >= 4 is 23.2 Å². The molecule has 0 spiro atoms. The lowest BCUT2D eigenvalue weighted by molar-refractivity contribution is 0.180. The highest BCUT2D eigenvalue weighted by atomic mass is 35.5. The molecule has 2 aromatic rings. The summed E-state index contributed by atoms with van der Waals surface area (Å²) < 4.78 is 6.86. The van der Waals surface area contributed by atoms with Gasteiger partial charge in [0.1, 0.15) is 5.15 Å². The van der Waals surface area contributed by atoms with Crippen LogP contribution in [0.3, 0.4) is 0 Å². The Kier molecular flexibility index (Phi) is 4.50. The fourth-order valence-corrected chi connectivity index (χ4v) is 2.71. The minimum atomic E-state index is 0.322. The lowest BCUT2D eigenvalue weighted by Crippen LogP contribution is -2.00. The minimum absolute atomic E-state index is 0.322. The maximum atomic E-state index is 6.37. The van der Waals surface area contributed by atoms with Crippen molar-refractivity contribution in [2.24, 2.45) is 0 Å². The molecule has 102 valence electrons. The fourth-order valence-electron chi connectivity index (χ4n) is 2.06. The Balaban J connectivity index is 2.56. The van der Waals surface area contributed by atoms with E-state index < -0.39 is 0 Å². The first-order valence-electron chi connectivity index (χ1n) is 5.97. The third-order valence-corrected chi connectivity index (χ3v) is 3.65. The van der Waals surface area contributed by atoms with Crippen LogP contribution in [0.15, 0.2) is 18.2 Å². The van der Waals surface area contributed by atoms with E-state index in [0.717, 1.165) is 22.5 Å². The van der Waals surface area contributed by atoms with Crippen LogP contribution in [-0.2, 0) is 17.2 Å². The molecule has 1 aromatic carbocycles. The van der Waals surface area contributed by atoms with Gasteiger partial charge in [-0.2, -0.15) is 5.10 Å². The van der Waals surface area contributed by atoms with Crippen molar-refractivity contribution in [3.63, 3.8) is 0 Å². The zero-order chi connectivity index (χ0) is 14.0. The van der Waals surface area contributed by atoms with Gasteiger partial charge in [-0.1, -0.05) is 29.3 Å². The molecule has 0 fully saturated rings. The quantitative estimate of drug-likeness (QED) is 0.797. The van der Waals surface area contributed by atoms with E-state index in [4.69, 9.17) is 27.9 Å². The highest BCUT2D eigenvalue weighted by Crippen LogP contribution is 2.27. The summed E-state index contributed by atoms with van der Waals surface area (Å²) in [6.45, 7) is 4.50. The zero-order valence-electron chi connectivity index (χ0n) is 11.2. The molecular formula is C14H16Cl2N2O. The van der Waals surface area contributed by atoms with E-state index in [2.05, 4.69) is 18.1 Å². The summed E-state index contributed by atoms with van der Waals surface area (Å²) in [4.78, 5) is 0. The van der Waals surface area contributed by atoms with Crippen molar-refractivity contribution in [1.82, 2.24) is 9.78 Å². The van der Waals surface area contributed by atoms with Gasteiger partial charge < -0.3 is 4.74 Å². The number of rotatable bonds is 4. The van der Waals surface area contributed by atoms with Gasteiger partial charge in [0.05, 0.1) is 23.9 Å². The standard InChI is InChI=1S/C14H16Cl2N2O/c1-9-4-5-13(10(2)6-9)18-14(16)11(7-15)12(17-18)8-19-3/h4-6H,7-8H2,1-3H3. The van der Waals surface area contributed by atoms with Crippen LogP contribution in [0, 0.1) is 13.8 Å². The van der Waals surface area contributed by atoms with Crippen LogP contribution in [0.5, 0.6) is 0 Å². The third kappa shape index (κ3) is 2.78. The van der Waals surface area contributed by atoms with Crippen molar-refractivity contribution in [2.75, 3.05) is 7.11 Å². The van der Waals surface area contributed by atoms with Crippen LogP contribution in [0.2, 0.25) is 5.15 Å². The molecule has 5 heteroatoms. The predicted octanol–water partition coefficient (Wildman–Crippen LogP) is 4.03. The Morgan fingerprint density at radius 3 is 2.63 bits per heavy atom. The smallest absolute Gasteiger partial charge is 0.137 e. The van der Waals surface area contributed by atoms with Gasteiger partial charge in [0, 0.05) is 12.7 Å². The van der Waals surface area contributed by atoms with Gasteiger partial charge in [-0.3, -0.25) is 0 Å². The molecule has 19 heavy (non-hydrogen) atoms. The van der Waals surface area contributed by atoms with Gasteiger partial charge in [-0.15, -0.1) is 11.6 Å². The van der Waals surface area contributed by atoms with Gasteiger partial charge in [-0.05, 0) is 25.5 Å². The molecule has 0 saturated heterocycles. The predicted molar refractivity (Wildman–Crippen MR) is 78.3 cm³/mol. The third-order valence-electron chi connectivity index (χ3n) is 3.00. The van der Waals surface area contributed by atoms with Crippen molar-refractivity contribution in [3.8, 4) is 5.69 Å². The average molecular weight is 299 g/mol. The van der Waals surface area contributed by atoms with Crippen LogP contribution < -0.4 is 0 Å². The highest BCUT2D eigenvalue weighted by Gasteiger charge is 2.17. The summed E-state index contributed by atoms with van der Waals surface area (Å²) in [6, 6.07) is 6.15. The summed E-state index contributed by atoms with van der Waals surface area (Å²) in [6.07, 6.45) is 0. The molecular weight excluding hydrogens is 283 g/mol. The average Bonchev–Trinajstić information content (AvgIpc) is 2.66. The molecule has 0 radical (unpaired) electrons. The Labute approximate surface area is 123 Å². The van der Waals surface area contributed by atoms with Crippen LogP contribution >= 0.6 is 23.2 Å². The molecule has 0 amide bonds. The SMILES string of the molecule is COCc1nn(-c2ccc(C)cc2C)c(Cl)c1CCl. The number of benzene rings is 1. The molecule has 0 saturated carbocycles. The first kappa shape index (κ1) is 14.4. The van der Waals surface area contributed by atoms with Crippen LogP contribution in [0.4, 0.5) is 0 Å². The van der Waals surface area contributed by atoms with Crippen LogP contribution in [0.25, 0.3) is 5.69 Å². The van der Waals surface area contributed by atoms with Crippen molar-refractivity contribution in [1.29, 1.82) is 0 Å². The monoisotopic (exact) mass is 298 g/mol. The number of hydrogen-bond donors (Lipinski definition) is 0. The van der Waals surface area contributed by atoms with Gasteiger partial charge >= 0.3 is 0 Å². The van der Waals surface area contributed by atoms with E-state index in [9.17, 15) is 0 Å². The van der Waals surface area contributed by atoms with E-state index >= 15 is 0 Å². The number of halogens is 2. The summed E-state index contributed by atoms with van der Waals surface area (Å²) in [5.74, 6) is 0.322. The topological polar surface area (TPSA) is 27.1 Å². The lowest BCUT2D eigenvalue weighted by Gasteiger charge is -2.08. The van der Waals surface area contributed by atoms with Gasteiger partial charge in [0.15, 0.2) is 0 Å². The van der Waals surface area contributed by atoms with Crippen molar-refractivity contribution < 1.29 is 4.74 Å². The Hall–Kier alpha value is -1.03. The maximum absolute atomic E-state index is 6.37. The van der Waals surface area contributed by atoms with E-state index in [1.165, 1.54) is 5.56 Å². The van der Waals surface area contributed by atoms with Gasteiger partial charge in [0.2, 0.25) is 0 Å². The molecule has 0 aliphatic rings. The first-order chi connectivity index (χ1) is 9.08. The summed E-state index contributed by atoms with van der Waals surface area (Å²) >= 11 is 12.3. The van der Waals surface area contributed by atoms with E-state index in [1.54, 1.807) is 11.8 Å². The molecule has 3 nitrogen and oxygen atoms in total. The highest BCUT2D eigenvalue weighted by molar-refractivity contribution is 6.31. The molecule has 0 unspecified atom stereocenters. The minimum Gasteiger partial charge on any atom is -0.378 e. The second-order valence-corrected chi connectivity index (χ2v) is 5.11. The fraction of sp³-hybridized carbons (Fsp3) is 0.357. The molecule has 0 aliphatic heterocycles. The van der Waals surface area contributed by atoms with E-state index in [0.29, 0.717) is 17.6 Å². The van der Waals surface area contributed by atoms with Crippen molar-refractivity contribution in [2.45, 2.75) is 26.3 Å². The molecule has 0 N–H and O–H groups in total. The summed E-state index contributed by atoms with van der Waals surface area (Å²) in [5, 5.41) is 5.06. The number of aromatic nitrogens is 2. The first-order valence-corrected chi connectivity index (χ1v) is 6.88. The number of hydrogen-bond acceptors (Lipinski definition) is 2. The lowest BCUT2D eigenvalue weighted by atomic mass is 10.1. The largest absolute Gasteiger partial charge is 0.378 e. The Morgan fingerprint density at radius 2 is 2.05 bits per heavy atom. The molecule has 0 aliphatic carbocycles. The summed E-state index contributed by atoms with van der Waals surface area (Å²) in [7, 11) is 1.63. The second-order valence-electron chi connectivity index (χ2n) is 4.48. The number of ether oxygens (including phenoxy) is 1. The number of methoxy groups -OCH3 is 1. The number of nitrogens with zero attached hydrogens (tertiary/aromatic N) is 2. The molecule has 1 aromatic heterocycles. The van der Waals surface area contributed by atoms with Crippen LogP contribution in [-0.4, -0.2) is 16.9 Å². The normalized spacial score (nSPS) is 11.0. The van der Waals surface area contributed by atoms with Crippen molar-refractivity contribution in [3.05, 3.63) is 45.7 Å². The number of alkyl halides is 1. The molecule has 0 bridgehead atoms. The molecule has 1 heterocycles. The maximum Gasteiger partial charge on any atom is 0.137 e. The second kappa shape index (κ2) is 5.95. The zero-order valence-corrected chi connectivity index (χ0v) is 12.7. The molecule has 2 rings (SSSR count).